The van der Waals surface area contributed by atoms with Gasteiger partial charge in [0.25, 0.3) is 5.56 Å². The van der Waals surface area contributed by atoms with Crippen molar-refractivity contribution in [3.8, 4) is 0 Å². The van der Waals surface area contributed by atoms with Gasteiger partial charge in [-0.2, -0.15) is 0 Å². The summed E-state index contributed by atoms with van der Waals surface area (Å²) in [6.45, 7) is 1.95. The van der Waals surface area contributed by atoms with Gasteiger partial charge in [-0.25, -0.2) is 9.78 Å². The summed E-state index contributed by atoms with van der Waals surface area (Å²) in [6, 6.07) is 1.25. The Hall–Kier alpha value is -1.85. The maximum Gasteiger partial charge on any atom is 0.413 e. The number of nitrogens with zero attached hydrogens (tertiary/aromatic N) is 1. The predicted molar refractivity (Wildman–Crippen MR) is 45.5 cm³/mol. The molecule has 1 heterocycles. The SMILES string of the molecule is CCOC(=O)Nc1nccc(=O)[nH]1. The summed E-state index contributed by atoms with van der Waals surface area (Å²) in [5, 5.41) is 2.26. The molecule has 6 nitrogen and oxygen atoms in total. The Kier molecular flexibility index (Phi) is 3.02. The zero-order valence-electron chi connectivity index (χ0n) is 7.03. The lowest BCUT2D eigenvalue weighted by Crippen LogP contribution is -2.18. The average molecular weight is 183 g/mol. The van der Waals surface area contributed by atoms with E-state index in [9.17, 15) is 9.59 Å². The average Bonchev–Trinajstić information content (AvgIpc) is 2.04. The molecule has 0 aliphatic rings. The lowest BCUT2D eigenvalue weighted by Gasteiger charge is -2.02. The van der Waals surface area contributed by atoms with Crippen molar-refractivity contribution in [2.75, 3.05) is 11.9 Å². The maximum atomic E-state index is 10.8. The molecule has 0 aliphatic heterocycles. The van der Waals surface area contributed by atoms with E-state index in [1.165, 1.54) is 12.3 Å². The number of hydrogen-bond acceptors (Lipinski definition) is 4. The molecule has 0 aliphatic carbocycles. The van der Waals surface area contributed by atoms with Crippen molar-refractivity contribution in [2.45, 2.75) is 6.92 Å². The molecule has 1 aromatic rings. The van der Waals surface area contributed by atoms with E-state index in [2.05, 4.69) is 20.0 Å². The van der Waals surface area contributed by atoms with E-state index in [-0.39, 0.29) is 18.1 Å². The number of rotatable bonds is 2. The van der Waals surface area contributed by atoms with Crippen molar-refractivity contribution in [3.63, 3.8) is 0 Å². The quantitative estimate of drug-likeness (QED) is 0.692. The number of aromatic amines is 1. The zero-order chi connectivity index (χ0) is 9.68. The van der Waals surface area contributed by atoms with E-state index in [1.54, 1.807) is 6.92 Å². The second kappa shape index (κ2) is 4.24. The van der Waals surface area contributed by atoms with Crippen LogP contribution in [0.25, 0.3) is 0 Å². The first-order chi connectivity index (χ1) is 6.22. The number of anilines is 1. The van der Waals surface area contributed by atoms with Gasteiger partial charge in [0.2, 0.25) is 5.95 Å². The van der Waals surface area contributed by atoms with Crippen LogP contribution in [-0.4, -0.2) is 22.7 Å². The Balaban J connectivity index is 2.64. The van der Waals surface area contributed by atoms with Crippen molar-refractivity contribution in [1.82, 2.24) is 9.97 Å². The third-order valence-corrected chi connectivity index (χ3v) is 1.17. The molecule has 13 heavy (non-hydrogen) atoms. The summed E-state index contributed by atoms with van der Waals surface area (Å²) >= 11 is 0. The fourth-order valence-corrected chi connectivity index (χ4v) is 0.698. The molecule has 0 bridgehead atoms. The maximum absolute atomic E-state index is 10.8. The Morgan fingerprint density at radius 2 is 2.54 bits per heavy atom. The molecule has 0 saturated heterocycles. The minimum Gasteiger partial charge on any atom is -0.450 e. The lowest BCUT2D eigenvalue weighted by molar-refractivity contribution is 0.167. The van der Waals surface area contributed by atoms with Crippen molar-refractivity contribution < 1.29 is 9.53 Å². The second-order valence-electron chi connectivity index (χ2n) is 2.13. The molecule has 1 amide bonds. The summed E-state index contributed by atoms with van der Waals surface area (Å²) in [6.07, 6.45) is 0.650. The largest absolute Gasteiger partial charge is 0.450 e. The molecule has 1 aromatic heterocycles. The summed E-state index contributed by atoms with van der Waals surface area (Å²) in [4.78, 5) is 27.6. The van der Waals surface area contributed by atoms with Gasteiger partial charge in [-0.05, 0) is 6.92 Å². The normalized spacial score (nSPS) is 9.31. The monoisotopic (exact) mass is 183 g/mol. The van der Waals surface area contributed by atoms with Crippen LogP contribution in [0.5, 0.6) is 0 Å². The van der Waals surface area contributed by atoms with E-state index < -0.39 is 6.09 Å². The highest BCUT2D eigenvalue weighted by Crippen LogP contribution is 1.92. The van der Waals surface area contributed by atoms with Gasteiger partial charge in [0, 0.05) is 12.3 Å². The number of hydrogen-bond donors (Lipinski definition) is 2. The highest BCUT2D eigenvalue weighted by Gasteiger charge is 2.01. The molecule has 0 radical (unpaired) electrons. The van der Waals surface area contributed by atoms with Crippen LogP contribution in [0.15, 0.2) is 17.1 Å². The van der Waals surface area contributed by atoms with E-state index in [1.807, 2.05) is 0 Å². The predicted octanol–water partition coefficient (Wildman–Crippen LogP) is 0.338. The van der Waals surface area contributed by atoms with Crippen LogP contribution >= 0.6 is 0 Å². The third-order valence-electron chi connectivity index (χ3n) is 1.17. The minimum absolute atomic E-state index is 0.0750. The first kappa shape index (κ1) is 9.24. The van der Waals surface area contributed by atoms with Gasteiger partial charge in [-0.15, -0.1) is 0 Å². The first-order valence-corrected chi connectivity index (χ1v) is 3.71. The molecule has 6 heteroatoms. The molecule has 2 N–H and O–H groups in total. The smallest absolute Gasteiger partial charge is 0.413 e. The van der Waals surface area contributed by atoms with Crippen LogP contribution < -0.4 is 10.9 Å². The van der Waals surface area contributed by atoms with Crippen molar-refractivity contribution in [1.29, 1.82) is 0 Å². The molecule has 0 aromatic carbocycles. The van der Waals surface area contributed by atoms with E-state index in [4.69, 9.17) is 0 Å². The summed E-state index contributed by atoms with van der Waals surface area (Å²) < 4.78 is 4.57. The van der Waals surface area contributed by atoms with Crippen LogP contribution in [0.2, 0.25) is 0 Å². The number of ether oxygens (including phenoxy) is 1. The van der Waals surface area contributed by atoms with Gasteiger partial charge < -0.3 is 4.74 Å². The molecular formula is C7H9N3O3. The summed E-state index contributed by atoms with van der Waals surface area (Å²) in [5.41, 5.74) is -0.332. The van der Waals surface area contributed by atoms with E-state index in [0.717, 1.165) is 0 Å². The van der Waals surface area contributed by atoms with E-state index in [0.29, 0.717) is 0 Å². The Morgan fingerprint density at radius 3 is 3.15 bits per heavy atom. The number of aromatic nitrogens is 2. The molecular weight excluding hydrogens is 174 g/mol. The van der Waals surface area contributed by atoms with Gasteiger partial charge in [0.1, 0.15) is 0 Å². The Bertz CT molecular complexity index is 347. The highest BCUT2D eigenvalue weighted by atomic mass is 16.5. The highest BCUT2D eigenvalue weighted by molar-refractivity contribution is 5.81. The van der Waals surface area contributed by atoms with Gasteiger partial charge in [-0.1, -0.05) is 0 Å². The van der Waals surface area contributed by atoms with Crippen molar-refractivity contribution >= 4 is 12.0 Å². The molecule has 0 atom stereocenters. The second-order valence-corrected chi connectivity index (χ2v) is 2.13. The Morgan fingerprint density at radius 1 is 1.77 bits per heavy atom. The molecule has 0 fully saturated rings. The van der Waals surface area contributed by atoms with Crippen LogP contribution in [-0.2, 0) is 4.74 Å². The fourth-order valence-electron chi connectivity index (χ4n) is 0.698. The number of carbonyl (C=O) groups is 1. The molecule has 0 saturated carbocycles. The van der Waals surface area contributed by atoms with Crippen molar-refractivity contribution in [2.24, 2.45) is 0 Å². The van der Waals surface area contributed by atoms with Crippen molar-refractivity contribution in [3.05, 3.63) is 22.6 Å². The Labute approximate surface area is 74.0 Å². The number of amides is 1. The topological polar surface area (TPSA) is 84.1 Å². The zero-order valence-corrected chi connectivity index (χ0v) is 7.03. The third kappa shape index (κ3) is 2.94. The lowest BCUT2D eigenvalue weighted by atomic mass is 10.6. The summed E-state index contributed by atoms with van der Waals surface area (Å²) in [5.74, 6) is 0.0750. The standard InChI is InChI=1S/C7H9N3O3/c1-2-13-7(12)10-6-8-4-3-5(11)9-6/h3-4H,2H2,1H3,(H2,8,9,10,11,12). The molecule has 70 valence electrons. The van der Waals surface area contributed by atoms with Crippen LogP contribution in [0.1, 0.15) is 6.92 Å². The minimum atomic E-state index is -0.642. The molecule has 0 unspecified atom stereocenters. The van der Waals surface area contributed by atoms with Crippen LogP contribution in [0.3, 0.4) is 0 Å². The van der Waals surface area contributed by atoms with Crippen LogP contribution in [0.4, 0.5) is 10.7 Å². The molecule has 1 rings (SSSR count). The fraction of sp³-hybridized carbons (Fsp3) is 0.286. The number of nitrogens with one attached hydrogen (secondary N) is 2. The van der Waals surface area contributed by atoms with Gasteiger partial charge in [-0.3, -0.25) is 15.1 Å². The summed E-state index contributed by atoms with van der Waals surface area (Å²) in [7, 11) is 0. The van der Waals surface area contributed by atoms with Gasteiger partial charge in [0.05, 0.1) is 6.61 Å². The van der Waals surface area contributed by atoms with Gasteiger partial charge in [0.15, 0.2) is 0 Å². The number of carbonyl (C=O) groups excluding carboxylic acids is 1. The van der Waals surface area contributed by atoms with Gasteiger partial charge >= 0.3 is 6.09 Å². The molecule has 0 spiro atoms. The van der Waals surface area contributed by atoms with E-state index >= 15 is 0 Å². The first-order valence-electron chi connectivity index (χ1n) is 3.71. The number of H-pyrrole nitrogens is 1. The van der Waals surface area contributed by atoms with Crippen LogP contribution in [0, 0.1) is 0 Å².